The van der Waals surface area contributed by atoms with Crippen LogP contribution >= 0.6 is 23.1 Å². The normalized spacial score (nSPS) is 6.94. The molecule has 0 unspecified atom stereocenters. The summed E-state index contributed by atoms with van der Waals surface area (Å²) in [6.07, 6.45) is 1.56. The fourth-order valence-corrected chi connectivity index (χ4v) is 1.24. The van der Waals surface area contributed by atoms with E-state index in [2.05, 4.69) is 18.7 Å². The summed E-state index contributed by atoms with van der Waals surface area (Å²) >= 11 is 2.80. The first-order valence-corrected chi connectivity index (χ1v) is 6.86. The van der Waals surface area contributed by atoms with E-state index < -0.39 is 0 Å². The van der Waals surface area contributed by atoms with Crippen molar-refractivity contribution in [2.75, 3.05) is 0 Å². The van der Waals surface area contributed by atoms with Crippen LogP contribution in [0.1, 0.15) is 46.0 Å². The van der Waals surface area contributed by atoms with Crippen molar-refractivity contribution in [1.29, 1.82) is 0 Å². The van der Waals surface area contributed by atoms with E-state index in [0.717, 1.165) is 10.8 Å². The Balaban J connectivity index is -0.000000171. The van der Waals surface area contributed by atoms with Gasteiger partial charge in [0.2, 0.25) is 0 Å². The van der Waals surface area contributed by atoms with Gasteiger partial charge in [-0.1, -0.05) is 35.1 Å². The Morgan fingerprint density at radius 2 is 1.59 bits per heavy atom. The standard InChI is InChI=1S/2C3H4N2S.2C2H6.CH4/c1-3-4-2-6-5-3;1-3-4-2-5-6-3;2*1-2;/h2*2H,1H3;2*1-2H3;1H4. The molecule has 0 saturated carbocycles. The van der Waals surface area contributed by atoms with E-state index >= 15 is 0 Å². The van der Waals surface area contributed by atoms with Crippen LogP contribution in [0.15, 0.2) is 11.8 Å². The molecule has 0 atom stereocenters. The molecule has 0 radical (unpaired) electrons. The summed E-state index contributed by atoms with van der Waals surface area (Å²) in [5.41, 5.74) is 1.72. The zero-order valence-electron chi connectivity index (χ0n) is 10.8. The van der Waals surface area contributed by atoms with Crippen LogP contribution in [0, 0.1) is 13.8 Å². The predicted octanol–water partition coefficient (Wildman–Crippen LogP) is 4.38. The number of aryl methyl sites for hydroxylation is 2. The summed E-state index contributed by atoms with van der Waals surface area (Å²) in [6, 6.07) is 0. The van der Waals surface area contributed by atoms with Gasteiger partial charge in [-0.25, -0.2) is 9.97 Å². The molecule has 2 rings (SSSR count). The van der Waals surface area contributed by atoms with Gasteiger partial charge in [0.05, 0.1) is 0 Å². The van der Waals surface area contributed by atoms with Crippen LogP contribution in [0.25, 0.3) is 0 Å². The molecule has 4 nitrogen and oxygen atoms in total. The Bertz CT molecular complexity index is 261. The number of rotatable bonds is 0. The Morgan fingerprint density at radius 1 is 1.00 bits per heavy atom. The predicted molar refractivity (Wildman–Crippen MR) is 78.7 cm³/mol. The lowest BCUT2D eigenvalue weighted by molar-refractivity contribution is 1.17. The molecule has 0 saturated heterocycles. The molecule has 2 aromatic rings. The highest BCUT2D eigenvalue weighted by atomic mass is 32.1. The largest absolute Gasteiger partial charge is 0.228 e. The highest BCUT2D eigenvalue weighted by molar-refractivity contribution is 7.05. The molecule has 0 aliphatic carbocycles. The molecule has 0 aliphatic heterocycles. The van der Waals surface area contributed by atoms with E-state index in [1.165, 1.54) is 23.1 Å². The third kappa shape index (κ3) is 15.1. The fraction of sp³-hybridized carbons (Fsp3) is 0.636. The first-order valence-electron chi connectivity index (χ1n) is 5.25. The van der Waals surface area contributed by atoms with E-state index in [1.807, 2.05) is 41.5 Å². The molecule has 0 aliphatic rings. The topological polar surface area (TPSA) is 51.6 Å². The lowest BCUT2D eigenvalue weighted by atomic mass is 10.8. The zero-order chi connectivity index (χ0) is 12.8. The number of hydrogen-bond acceptors (Lipinski definition) is 6. The summed E-state index contributed by atoms with van der Waals surface area (Å²) in [5.74, 6) is 0.861. The van der Waals surface area contributed by atoms with Crippen molar-refractivity contribution in [2.24, 2.45) is 0 Å². The average Bonchev–Trinajstić information content (AvgIpc) is 2.98. The Morgan fingerprint density at radius 3 is 1.71 bits per heavy atom. The molecule has 0 spiro atoms. The molecule has 2 heterocycles. The Labute approximate surface area is 114 Å². The van der Waals surface area contributed by atoms with Gasteiger partial charge in [-0.05, 0) is 36.9 Å². The van der Waals surface area contributed by atoms with Crippen LogP contribution in [-0.4, -0.2) is 18.7 Å². The van der Waals surface area contributed by atoms with Crippen LogP contribution in [0.3, 0.4) is 0 Å². The molecule has 6 heteroatoms. The smallest absolute Gasteiger partial charge is 0.139 e. The third-order valence-electron chi connectivity index (χ3n) is 0.943. The second-order valence-corrected chi connectivity index (χ2v) is 3.53. The number of nitrogens with zero attached hydrogens (tertiary/aromatic N) is 4. The van der Waals surface area contributed by atoms with E-state index in [9.17, 15) is 0 Å². The van der Waals surface area contributed by atoms with Crippen LogP contribution < -0.4 is 0 Å². The fourth-order valence-electron chi connectivity index (χ4n) is 0.452. The minimum Gasteiger partial charge on any atom is -0.228 e. The second kappa shape index (κ2) is 17.5. The molecule has 0 N–H and O–H groups in total. The molecule has 100 valence electrons. The minimum atomic E-state index is 0. The molecule has 17 heavy (non-hydrogen) atoms. The van der Waals surface area contributed by atoms with Crippen LogP contribution in [-0.2, 0) is 0 Å². The van der Waals surface area contributed by atoms with Crippen molar-refractivity contribution < 1.29 is 0 Å². The molecule has 0 bridgehead atoms. The van der Waals surface area contributed by atoms with Crippen LogP contribution in [0.5, 0.6) is 0 Å². The van der Waals surface area contributed by atoms with Gasteiger partial charge in [0.25, 0.3) is 0 Å². The van der Waals surface area contributed by atoms with Crippen molar-refractivity contribution in [3.8, 4) is 0 Å². The summed E-state index contributed by atoms with van der Waals surface area (Å²) in [5, 5.41) is 1.02. The van der Waals surface area contributed by atoms with Gasteiger partial charge in [-0.2, -0.15) is 8.75 Å². The summed E-state index contributed by atoms with van der Waals surface area (Å²) in [7, 11) is 0. The minimum absolute atomic E-state index is 0. The van der Waals surface area contributed by atoms with E-state index in [1.54, 1.807) is 11.8 Å². The molecule has 0 aromatic carbocycles. The van der Waals surface area contributed by atoms with Gasteiger partial charge in [-0.3, -0.25) is 0 Å². The summed E-state index contributed by atoms with van der Waals surface area (Å²) in [6.45, 7) is 11.8. The first-order chi connectivity index (χ1) is 7.79. The van der Waals surface area contributed by atoms with Crippen molar-refractivity contribution in [2.45, 2.75) is 49.0 Å². The first kappa shape index (κ1) is 21.4. The zero-order valence-corrected chi connectivity index (χ0v) is 12.4. The summed E-state index contributed by atoms with van der Waals surface area (Å²) < 4.78 is 7.60. The van der Waals surface area contributed by atoms with Crippen molar-refractivity contribution in [3.63, 3.8) is 0 Å². The van der Waals surface area contributed by atoms with Crippen LogP contribution in [0.4, 0.5) is 0 Å². The number of aromatic nitrogens is 4. The maximum atomic E-state index is 3.85. The maximum absolute atomic E-state index is 3.85. The highest BCUT2D eigenvalue weighted by Crippen LogP contribution is 1.92. The lowest BCUT2D eigenvalue weighted by Gasteiger charge is -1.63. The van der Waals surface area contributed by atoms with Gasteiger partial charge in [0.1, 0.15) is 22.7 Å². The average molecular weight is 276 g/mol. The molecular formula is C11H24N4S2. The monoisotopic (exact) mass is 276 g/mol. The quantitative estimate of drug-likeness (QED) is 0.716. The van der Waals surface area contributed by atoms with Crippen LogP contribution in [0.2, 0.25) is 0 Å². The van der Waals surface area contributed by atoms with Gasteiger partial charge >= 0.3 is 0 Å². The number of hydrogen-bond donors (Lipinski definition) is 0. The Kier molecular flexibility index (Phi) is 22.1. The SMILES string of the molecule is C.CC.CC.Cc1ncns1.Cc1ncsn1. The third-order valence-corrected chi connectivity index (χ3v) is 2.08. The molecule has 2 aromatic heterocycles. The van der Waals surface area contributed by atoms with Gasteiger partial charge in [0, 0.05) is 0 Å². The lowest BCUT2D eigenvalue weighted by Crippen LogP contribution is -1.66. The molecule has 0 fully saturated rings. The van der Waals surface area contributed by atoms with Crippen molar-refractivity contribution >= 4 is 23.1 Å². The van der Waals surface area contributed by atoms with Gasteiger partial charge < -0.3 is 0 Å². The van der Waals surface area contributed by atoms with Gasteiger partial charge in [0.15, 0.2) is 0 Å². The molecular weight excluding hydrogens is 252 g/mol. The maximum Gasteiger partial charge on any atom is 0.139 e. The highest BCUT2D eigenvalue weighted by Gasteiger charge is 1.78. The second-order valence-electron chi connectivity index (χ2n) is 1.94. The van der Waals surface area contributed by atoms with E-state index in [-0.39, 0.29) is 7.43 Å². The van der Waals surface area contributed by atoms with Gasteiger partial charge in [-0.15, -0.1) is 0 Å². The molecule has 0 amide bonds. The van der Waals surface area contributed by atoms with Crippen molar-refractivity contribution in [3.05, 3.63) is 22.7 Å². The summed E-state index contributed by atoms with van der Waals surface area (Å²) in [4.78, 5) is 7.65. The van der Waals surface area contributed by atoms with E-state index in [4.69, 9.17) is 0 Å². The Hall–Kier alpha value is -0.880. The van der Waals surface area contributed by atoms with Crippen molar-refractivity contribution in [1.82, 2.24) is 18.7 Å². The van der Waals surface area contributed by atoms with E-state index in [0.29, 0.717) is 0 Å².